The van der Waals surface area contributed by atoms with Crippen molar-refractivity contribution in [3.63, 3.8) is 0 Å². The Morgan fingerprint density at radius 3 is 2.31 bits per heavy atom. The lowest BCUT2D eigenvalue weighted by molar-refractivity contribution is -0.141. The number of carbonyl (C=O) groups excluding carboxylic acids is 2. The summed E-state index contributed by atoms with van der Waals surface area (Å²) in [6.45, 7) is 12.6. The third-order valence-corrected chi connectivity index (χ3v) is 6.56. The summed E-state index contributed by atoms with van der Waals surface area (Å²) >= 11 is 0. The molecule has 2 aliphatic rings. The minimum atomic E-state index is -0.414. The Morgan fingerprint density at radius 2 is 1.72 bits per heavy atom. The number of rotatable bonds is 9. The van der Waals surface area contributed by atoms with Gasteiger partial charge < -0.3 is 15.0 Å². The molecule has 0 spiro atoms. The topological polar surface area (TPSA) is 111 Å². The highest BCUT2D eigenvalue weighted by Crippen LogP contribution is 2.31. The number of fused-ring (bicyclic) bond motifs is 1. The minimum Gasteiger partial charge on any atom is -0.469 e. The normalized spacial score (nSPS) is 17.3. The molecular formula is C29H37N7O3. The Kier molecular flexibility index (Phi) is 8.32. The van der Waals surface area contributed by atoms with Gasteiger partial charge in [-0.05, 0) is 62.4 Å². The van der Waals surface area contributed by atoms with Crippen LogP contribution < -0.4 is 15.6 Å². The number of methoxy groups -OCH3 is 1. The summed E-state index contributed by atoms with van der Waals surface area (Å²) < 4.78 is 4.58. The van der Waals surface area contributed by atoms with Crippen LogP contribution in [0.4, 0.5) is 17.1 Å². The molecule has 2 heterocycles. The monoisotopic (exact) mass is 531 g/mol. The molecule has 1 unspecified atom stereocenters. The van der Waals surface area contributed by atoms with E-state index in [-0.39, 0.29) is 30.3 Å². The average Bonchev–Trinajstić information content (AvgIpc) is 3.48. The molecule has 206 valence electrons. The maximum atomic E-state index is 12.1. The number of amidine groups is 1. The van der Waals surface area contributed by atoms with E-state index in [9.17, 15) is 9.59 Å². The van der Waals surface area contributed by atoms with Crippen molar-refractivity contribution in [3.8, 4) is 0 Å². The predicted octanol–water partition coefficient (Wildman–Crippen LogP) is 4.51. The largest absolute Gasteiger partial charge is 0.469 e. The van der Waals surface area contributed by atoms with Gasteiger partial charge in [-0.1, -0.05) is 20.8 Å². The number of nitrogens with one attached hydrogen (secondary N) is 2. The number of amides is 1. The molecule has 1 amide bonds. The van der Waals surface area contributed by atoms with Crippen molar-refractivity contribution >= 4 is 46.2 Å². The van der Waals surface area contributed by atoms with Crippen molar-refractivity contribution in [2.75, 3.05) is 30.4 Å². The van der Waals surface area contributed by atoms with Gasteiger partial charge in [0.2, 0.25) is 12.1 Å². The lowest BCUT2D eigenvalue weighted by Gasteiger charge is -2.21. The smallest absolute Gasteiger partial charge is 0.306 e. The summed E-state index contributed by atoms with van der Waals surface area (Å²) in [7, 11) is 1.30. The highest BCUT2D eigenvalue weighted by molar-refractivity contribution is 6.47. The molecule has 0 bridgehead atoms. The zero-order valence-corrected chi connectivity index (χ0v) is 23.5. The Balaban J connectivity index is 1.52. The third kappa shape index (κ3) is 6.45. The molecule has 0 radical (unpaired) electrons. The first kappa shape index (κ1) is 27.8. The Morgan fingerprint density at radius 1 is 1.05 bits per heavy atom. The molecule has 1 atom stereocenters. The molecule has 2 aromatic carbocycles. The van der Waals surface area contributed by atoms with Gasteiger partial charge in [-0.2, -0.15) is 10.2 Å². The van der Waals surface area contributed by atoms with Crippen LogP contribution in [0.1, 0.15) is 53.0 Å². The molecule has 0 aromatic heterocycles. The van der Waals surface area contributed by atoms with Gasteiger partial charge in [0.25, 0.3) is 0 Å². The van der Waals surface area contributed by atoms with Crippen LogP contribution in [-0.2, 0) is 14.3 Å². The van der Waals surface area contributed by atoms with E-state index >= 15 is 0 Å². The van der Waals surface area contributed by atoms with Crippen LogP contribution in [0.5, 0.6) is 0 Å². The van der Waals surface area contributed by atoms with Gasteiger partial charge in [-0.15, -0.1) is 0 Å². The maximum absolute atomic E-state index is 12.1. The molecule has 2 aromatic rings. The van der Waals surface area contributed by atoms with E-state index in [4.69, 9.17) is 15.1 Å². The van der Waals surface area contributed by atoms with Crippen molar-refractivity contribution < 1.29 is 14.3 Å². The number of ether oxygens (including phenoxy) is 1. The zero-order chi connectivity index (χ0) is 28.2. The van der Waals surface area contributed by atoms with Crippen molar-refractivity contribution in [1.82, 2.24) is 10.5 Å². The van der Waals surface area contributed by atoms with Gasteiger partial charge in [-0.3, -0.25) is 15.0 Å². The highest BCUT2D eigenvalue weighted by atomic mass is 16.5. The van der Waals surface area contributed by atoms with Crippen molar-refractivity contribution in [1.29, 1.82) is 0 Å². The molecular weight excluding hydrogens is 494 g/mol. The molecule has 0 fully saturated rings. The molecule has 0 aliphatic carbocycles. The SMILES string of the molecule is CCN(CC)c1ccc(N=C2C(C(C)(C)C)=NN3NC(c4ccc(NC(=O)CCC(=O)OC)cc4)=NC23)cc1. The van der Waals surface area contributed by atoms with Gasteiger partial charge in [0.15, 0.2) is 5.84 Å². The maximum Gasteiger partial charge on any atom is 0.306 e. The molecule has 0 saturated heterocycles. The van der Waals surface area contributed by atoms with Crippen LogP contribution in [0.3, 0.4) is 0 Å². The fraction of sp³-hybridized carbons (Fsp3) is 0.414. The number of hydrogen-bond acceptors (Lipinski definition) is 9. The van der Waals surface area contributed by atoms with Crippen molar-refractivity contribution in [2.24, 2.45) is 20.5 Å². The summed E-state index contributed by atoms with van der Waals surface area (Å²) in [6.07, 6.45) is -0.276. The van der Waals surface area contributed by atoms with E-state index in [1.54, 1.807) is 17.3 Å². The summed E-state index contributed by atoms with van der Waals surface area (Å²) in [5.74, 6) is 0.00760. The molecule has 10 heteroatoms. The van der Waals surface area contributed by atoms with E-state index in [1.807, 2.05) is 24.3 Å². The summed E-state index contributed by atoms with van der Waals surface area (Å²) in [5, 5.41) is 9.38. The second kappa shape index (κ2) is 11.7. The van der Waals surface area contributed by atoms with Crippen LogP contribution in [0.25, 0.3) is 0 Å². The first-order chi connectivity index (χ1) is 18.6. The Bertz CT molecular complexity index is 1290. The first-order valence-corrected chi connectivity index (χ1v) is 13.3. The Hall–Kier alpha value is -4.21. The van der Waals surface area contributed by atoms with Gasteiger partial charge in [0.1, 0.15) is 5.71 Å². The van der Waals surface area contributed by atoms with Crippen LogP contribution in [0.2, 0.25) is 0 Å². The van der Waals surface area contributed by atoms with Crippen LogP contribution in [-0.4, -0.2) is 60.6 Å². The number of anilines is 2. The van der Waals surface area contributed by atoms with E-state index in [0.29, 0.717) is 11.5 Å². The molecule has 10 nitrogen and oxygen atoms in total. The molecule has 39 heavy (non-hydrogen) atoms. The average molecular weight is 532 g/mol. The second-order valence-corrected chi connectivity index (χ2v) is 10.4. The third-order valence-electron chi connectivity index (χ3n) is 6.56. The second-order valence-electron chi connectivity index (χ2n) is 10.4. The molecule has 2 N–H and O–H groups in total. The predicted molar refractivity (Wildman–Crippen MR) is 156 cm³/mol. The van der Waals surface area contributed by atoms with E-state index in [2.05, 4.69) is 67.1 Å². The summed E-state index contributed by atoms with van der Waals surface area (Å²) in [6, 6.07) is 15.6. The fourth-order valence-electron chi connectivity index (χ4n) is 4.42. The van der Waals surface area contributed by atoms with E-state index < -0.39 is 5.97 Å². The minimum absolute atomic E-state index is 0.0411. The van der Waals surface area contributed by atoms with Crippen LogP contribution in [0, 0.1) is 5.41 Å². The number of aliphatic imine (C=N–C) groups is 2. The fourth-order valence-corrected chi connectivity index (χ4v) is 4.42. The molecule has 0 saturated carbocycles. The lowest BCUT2D eigenvalue weighted by atomic mass is 9.87. The molecule has 4 rings (SSSR count). The van der Waals surface area contributed by atoms with Crippen molar-refractivity contribution in [2.45, 2.75) is 53.6 Å². The molecule has 2 aliphatic heterocycles. The number of hydrogen-bond donors (Lipinski definition) is 2. The standard InChI is InChI=1S/C29H37N7O3/c1-7-35(8-2)22-15-13-21(14-16-22)31-25-26(29(3,4)5)33-36-28(25)32-27(34-36)19-9-11-20(12-10-19)30-23(37)17-18-24(38)39-6/h9-16,28H,7-8,17-18H2,1-6H3,(H,30,37)(H,32,34). The lowest BCUT2D eigenvalue weighted by Crippen LogP contribution is -2.37. The number of nitrogens with zero attached hydrogens (tertiary/aromatic N) is 5. The first-order valence-electron chi connectivity index (χ1n) is 13.3. The van der Waals surface area contributed by atoms with Crippen LogP contribution >= 0.6 is 0 Å². The van der Waals surface area contributed by atoms with Gasteiger partial charge >= 0.3 is 5.97 Å². The number of carbonyl (C=O) groups is 2. The van der Waals surface area contributed by atoms with Crippen LogP contribution in [0.15, 0.2) is 63.6 Å². The van der Waals surface area contributed by atoms with Gasteiger partial charge in [0, 0.05) is 41.9 Å². The van der Waals surface area contributed by atoms with Gasteiger partial charge in [-0.25, -0.2) is 9.98 Å². The summed E-state index contributed by atoms with van der Waals surface area (Å²) in [4.78, 5) is 35.6. The number of hydrazone groups is 1. The highest BCUT2D eigenvalue weighted by Gasteiger charge is 2.42. The quantitative estimate of drug-likeness (QED) is 0.461. The van der Waals surface area contributed by atoms with E-state index in [0.717, 1.165) is 35.8 Å². The zero-order valence-electron chi connectivity index (χ0n) is 23.5. The van der Waals surface area contributed by atoms with Gasteiger partial charge in [0.05, 0.1) is 24.9 Å². The van der Waals surface area contributed by atoms with Crippen molar-refractivity contribution in [3.05, 3.63) is 54.1 Å². The number of benzene rings is 2. The number of esters is 1. The summed E-state index contributed by atoms with van der Waals surface area (Å²) in [5.41, 5.74) is 8.31. The Labute approximate surface area is 229 Å². The number of hydrazine groups is 1. The van der Waals surface area contributed by atoms with E-state index in [1.165, 1.54) is 12.8 Å².